The third kappa shape index (κ3) is 1.85. The molecule has 0 saturated heterocycles. The Morgan fingerprint density at radius 3 is 1.30 bits per heavy atom. The summed E-state index contributed by atoms with van der Waals surface area (Å²) in [5.41, 5.74) is 4.25. The van der Waals surface area contributed by atoms with Crippen LogP contribution in [0.3, 0.4) is 0 Å². The number of furan rings is 2. The Kier molecular flexibility index (Phi) is 2.75. The number of para-hydroxylation sites is 2. The molecule has 0 N–H and O–H groups in total. The Balaban J connectivity index is 1.54. The first kappa shape index (κ1) is 15.7. The van der Waals surface area contributed by atoms with E-state index in [9.17, 15) is 9.59 Å². The number of carbonyl (C=O) groups excluding carboxylic acids is 2. The van der Waals surface area contributed by atoms with Gasteiger partial charge in [-0.25, -0.2) is 0 Å². The van der Waals surface area contributed by atoms with Gasteiger partial charge in [-0.3, -0.25) is 9.59 Å². The van der Waals surface area contributed by atoms with Gasteiger partial charge in [-0.2, -0.15) is 0 Å². The molecule has 7 rings (SSSR count). The predicted molar refractivity (Wildman–Crippen MR) is 114 cm³/mol. The summed E-state index contributed by atoms with van der Waals surface area (Å²) in [6, 6.07) is 22.3. The lowest BCUT2D eigenvalue weighted by atomic mass is 9.82. The maximum absolute atomic E-state index is 13.4. The molecule has 4 nitrogen and oxygen atoms in total. The smallest absolute Gasteiger partial charge is 0.194 e. The van der Waals surface area contributed by atoms with E-state index in [0.29, 0.717) is 33.4 Å². The van der Waals surface area contributed by atoms with E-state index in [4.69, 9.17) is 8.83 Å². The van der Waals surface area contributed by atoms with E-state index in [1.54, 1.807) is 24.3 Å². The highest BCUT2D eigenvalue weighted by Gasteiger charge is 2.32. The van der Waals surface area contributed by atoms with E-state index < -0.39 is 0 Å². The SMILES string of the molecule is O=C1c2cc3oc4ccccc4c3cc2C(=O)c2cc3oc4ccccc4c3cc21. The maximum atomic E-state index is 13.4. The number of hydrogen-bond acceptors (Lipinski definition) is 4. The molecular formula is C26H12O4. The average Bonchev–Trinajstić information content (AvgIpc) is 3.32. The monoisotopic (exact) mass is 388 g/mol. The summed E-state index contributed by atoms with van der Waals surface area (Å²) < 4.78 is 11.9. The fourth-order valence-electron chi connectivity index (χ4n) is 4.58. The van der Waals surface area contributed by atoms with Crippen molar-refractivity contribution < 1.29 is 18.4 Å². The molecular weight excluding hydrogens is 376 g/mol. The van der Waals surface area contributed by atoms with Crippen LogP contribution in [0, 0.1) is 0 Å². The summed E-state index contributed by atoms with van der Waals surface area (Å²) in [7, 11) is 0. The van der Waals surface area contributed by atoms with Crippen LogP contribution in [-0.2, 0) is 0 Å². The van der Waals surface area contributed by atoms with E-state index >= 15 is 0 Å². The van der Waals surface area contributed by atoms with Crippen molar-refractivity contribution in [1.82, 2.24) is 0 Å². The molecule has 0 radical (unpaired) electrons. The van der Waals surface area contributed by atoms with Gasteiger partial charge < -0.3 is 8.83 Å². The fraction of sp³-hybridized carbons (Fsp3) is 0. The van der Waals surface area contributed by atoms with E-state index in [2.05, 4.69) is 0 Å². The van der Waals surface area contributed by atoms with Gasteiger partial charge in [0.15, 0.2) is 11.6 Å². The van der Waals surface area contributed by atoms with Gasteiger partial charge in [0, 0.05) is 43.8 Å². The number of rotatable bonds is 0. The van der Waals surface area contributed by atoms with Crippen LogP contribution in [0.15, 0.2) is 81.6 Å². The second kappa shape index (κ2) is 5.24. The lowest BCUT2D eigenvalue weighted by Gasteiger charge is -2.17. The van der Waals surface area contributed by atoms with Gasteiger partial charge >= 0.3 is 0 Å². The maximum Gasteiger partial charge on any atom is 0.194 e. The van der Waals surface area contributed by atoms with Crippen molar-refractivity contribution in [3.63, 3.8) is 0 Å². The zero-order chi connectivity index (χ0) is 20.0. The van der Waals surface area contributed by atoms with E-state index in [1.807, 2.05) is 48.5 Å². The van der Waals surface area contributed by atoms with Crippen LogP contribution in [-0.4, -0.2) is 11.6 Å². The minimum absolute atomic E-state index is 0.172. The Bertz CT molecular complexity index is 1600. The number of hydrogen-bond donors (Lipinski definition) is 0. The summed E-state index contributed by atoms with van der Waals surface area (Å²) >= 11 is 0. The summed E-state index contributed by atoms with van der Waals surface area (Å²) in [5, 5.41) is 3.51. The summed E-state index contributed by atoms with van der Waals surface area (Å²) in [5.74, 6) is -0.344. The molecule has 0 unspecified atom stereocenters. The average molecular weight is 388 g/mol. The zero-order valence-corrected chi connectivity index (χ0v) is 15.6. The van der Waals surface area contributed by atoms with Crippen LogP contribution in [0.5, 0.6) is 0 Å². The zero-order valence-electron chi connectivity index (χ0n) is 15.6. The van der Waals surface area contributed by atoms with Gasteiger partial charge in [0.2, 0.25) is 0 Å². The summed E-state index contributed by atoms with van der Waals surface area (Å²) in [6.45, 7) is 0. The first-order chi connectivity index (χ1) is 14.7. The molecule has 4 heteroatoms. The molecule has 0 saturated carbocycles. The van der Waals surface area contributed by atoms with Gasteiger partial charge in [-0.1, -0.05) is 36.4 Å². The van der Waals surface area contributed by atoms with Crippen molar-refractivity contribution >= 4 is 55.4 Å². The second-order valence-corrected chi connectivity index (χ2v) is 7.64. The molecule has 6 aromatic rings. The molecule has 0 atom stereocenters. The van der Waals surface area contributed by atoms with Crippen molar-refractivity contribution in [2.45, 2.75) is 0 Å². The highest BCUT2D eigenvalue weighted by Crippen LogP contribution is 2.38. The molecule has 4 aromatic carbocycles. The van der Waals surface area contributed by atoms with Crippen molar-refractivity contribution in [3.05, 3.63) is 95.1 Å². The quantitative estimate of drug-likeness (QED) is 0.308. The van der Waals surface area contributed by atoms with Gasteiger partial charge in [0.25, 0.3) is 0 Å². The molecule has 2 aromatic heterocycles. The third-order valence-electron chi connectivity index (χ3n) is 6.01. The summed E-state index contributed by atoms with van der Waals surface area (Å²) in [6.07, 6.45) is 0. The molecule has 2 heterocycles. The third-order valence-corrected chi connectivity index (χ3v) is 6.01. The normalized spacial score (nSPS) is 13.5. The van der Waals surface area contributed by atoms with Crippen molar-refractivity contribution in [2.24, 2.45) is 0 Å². The van der Waals surface area contributed by atoms with Gasteiger partial charge in [-0.05, 0) is 36.4 Å². The highest BCUT2D eigenvalue weighted by molar-refractivity contribution is 6.31. The first-order valence-electron chi connectivity index (χ1n) is 9.69. The van der Waals surface area contributed by atoms with E-state index in [-0.39, 0.29) is 11.6 Å². The number of ketones is 2. The molecule has 0 bridgehead atoms. The van der Waals surface area contributed by atoms with Crippen LogP contribution in [0.25, 0.3) is 43.9 Å². The largest absolute Gasteiger partial charge is 0.456 e. The van der Waals surface area contributed by atoms with Gasteiger partial charge in [-0.15, -0.1) is 0 Å². The Morgan fingerprint density at radius 1 is 0.433 bits per heavy atom. The standard InChI is InChI=1S/C26H12O4/c27-25-17-9-15-13-5-1-3-7-21(13)29-23(15)11-19(17)26(28)18-10-16-14-6-2-4-8-22(14)30-24(16)12-20(18)25/h1-12H. The number of benzene rings is 4. The lowest BCUT2D eigenvalue weighted by molar-refractivity contribution is 0.0979. The van der Waals surface area contributed by atoms with Crippen molar-refractivity contribution in [2.75, 3.05) is 0 Å². The fourth-order valence-corrected chi connectivity index (χ4v) is 4.58. The summed E-state index contributed by atoms with van der Waals surface area (Å²) in [4.78, 5) is 26.8. The van der Waals surface area contributed by atoms with Gasteiger partial charge in [0.1, 0.15) is 22.3 Å². The first-order valence-corrected chi connectivity index (χ1v) is 9.69. The Labute approximate surface area is 169 Å². The van der Waals surface area contributed by atoms with Crippen LogP contribution in [0.4, 0.5) is 0 Å². The Hall–Kier alpha value is -4.18. The minimum Gasteiger partial charge on any atom is -0.456 e. The highest BCUT2D eigenvalue weighted by atomic mass is 16.3. The molecule has 1 aliphatic carbocycles. The van der Waals surface area contributed by atoms with Crippen molar-refractivity contribution in [3.8, 4) is 0 Å². The topological polar surface area (TPSA) is 60.4 Å². The van der Waals surface area contributed by atoms with Crippen molar-refractivity contribution in [1.29, 1.82) is 0 Å². The number of fused-ring (bicyclic) bond motifs is 8. The molecule has 0 amide bonds. The predicted octanol–water partition coefficient (Wildman–Crippen LogP) is 6.26. The van der Waals surface area contributed by atoms with E-state index in [0.717, 1.165) is 32.7 Å². The van der Waals surface area contributed by atoms with Crippen LogP contribution >= 0.6 is 0 Å². The minimum atomic E-state index is -0.172. The molecule has 1 aliphatic rings. The molecule has 0 aliphatic heterocycles. The van der Waals surface area contributed by atoms with Crippen LogP contribution in [0.2, 0.25) is 0 Å². The van der Waals surface area contributed by atoms with Crippen LogP contribution < -0.4 is 0 Å². The Morgan fingerprint density at radius 2 is 0.833 bits per heavy atom. The molecule has 0 spiro atoms. The lowest BCUT2D eigenvalue weighted by Crippen LogP contribution is -2.20. The molecule has 140 valence electrons. The van der Waals surface area contributed by atoms with Gasteiger partial charge in [0.05, 0.1) is 0 Å². The molecule has 30 heavy (non-hydrogen) atoms. The second-order valence-electron chi connectivity index (χ2n) is 7.64. The molecule has 0 fully saturated rings. The van der Waals surface area contributed by atoms with E-state index in [1.165, 1.54) is 0 Å². The van der Waals surface area contributed by atoms with Crippen LogP contribution in [0.1, 0.15) is 31.8 Å². The number of carbonyl (C=O) groups is 2.